The zero-order valence-corrected chi connectivity index (χ0v) is 15.1. The molecule has 0 heterocycles. The summed E-state index contributed by atoms with van der Waals surface area (Å²) in [5.74, 6) is 1.40. The highest BCUT2D eigenvalue weighted by Crippen LogP contribution is 2.72. The van der Waals surface area contributed by atoms with Gasteiger partial charge in [-0.2, -0.15) is 0 Å². The Labute approximate surface area is 145 Å². The molecular formula is C20H29N3O. The molecule has 4 nitrogen and oxygen atoms in total. The van der Waals surface area contributed by atoms with E-state index in [0.717, 1.165) is 25.3 Å². The third-order valence-electron chi connectivity index (χ3n) is 6.82. The maximum absolute atomic E-state index is 12.4. The number of nitrogens with zero attached hydrogens (tertiary/aromatic N) is 1. The van der Waals surface area contributed by atoms with Crippen LogP contribution in [-0.2, 0) is 5.41 Å². The third kappa shape index (κ3) is 2.34. The lowest BCUT2D eigenvalue weighted by Gasteiger charge is -2.31. The highest BCUT2D eigenvalue weighted by Gasteiger charge is 2.71. The number of carbonyl (C=O) groups is 1. The molecule has 4 aliphatic carbocycles. The van der Waals surface area contributed by atoms with E-state index in [-0.39, 0.29) is 11.6 Å². The summed E-state index contributed by atoms with van der Waals surface area (Å²) in [6.45, 7) is 3.72. The van der Waals surface area contributed by atoms with Gasteiger partial charge in [-0.05, 0) is 64.1 Å². The Morgan fingerprint density at radius 3 is 2.58 bits per heavy atom. The van der Waals surface area contributed by atoms with Gasteiger partial charge in [0.15, 0.2) is 0 Å². The van der Waals surface area contributed by atoms with E-state index in [1.807, 2.05) is 14.1 Å². The Balaban J connectivity index is 1.46. The quantitative estimate of drug-likeness (QED) is 0.873. The number of benzene rings is 1. The highest BCUT2D eigenvalue weighted by atomic mass is 16.2. The van der Waals surface area contributed by atoms with Crippen molar-refractivity contribution >= 4 is 6.03 Å². The molecule has 4 bridgehead atoms. The van der Waals surface area contributed by atoms with Gasteiger partial charge >= 0.3 is 6.03 Å². The second-order valence-corrected chi connectivity index (χ2v) is 8.58. The molecule has 24 heavy (non-hydrogen) atoms. The number of likely N-dealkylation sites (N-methyl/N-ethyl adjacent to an activating group) is 1. The molecule has 0 aliphatic heterocycles. The first-order valence-corrected chi connectivity index (χ1v) is 9.21. The summed E-state index contributed by atoms with van der Waals surface area (Å²) in [5, 5.41) is 6.41. The minimum absolute atomic E-state index is 0.0177. The van der Waals surface area contributed by atoms with E-state index in [0.29, 0.717) is 17.9 Å². The van der Waals surface area contributed by atoms with Crippen molar-refractivity contribution < 1.29 is 4.79 Å². The fourth-order valence-electron chi connectivity index (χ4n) is 5.76. The van der Waals surface area contributed by atoms with E-state index in [1.54, 1.807) is 0 Å². The summed E-state index contributed by atoms with van der Waals surface area (Å²) in [6, 6.07) is 9.14. The molecular weight excluding hydrogens is 298 g/mol. The Kier molecular flexibility index (Phi) is 3.64. The summed E-state index contributed by atoms with van der Waals surface area (Å²) < 4.78 is 0. The molecule has 2 N–H and O–H groups in total. The Morgan fingerprint density at radius 1 is 1.21 bits per heavy atom. The number of urea groups is 1. The maximum atomic E-state index is 12.4. The second-order valence-electron chi connectivity index (χ2n) is 8.58. The summed E-state index contributed by atoms with van der Waals surface area (Å²) in [6.07, 6.45) is 4.82. The van der Waals surface area contributed by atoms with Crippen molar-refractivity contribution in [2.45, 2.75) is 43.6 Å². The van der Waals surface area contributed by atoms with Crippen LogP contribution in [-0.4, -0.2) is 43.7 Å². The van der Waals surface area contributed by atoms with Gasteiger partial charge in [0.1, 0.15) is 0 Å². The van der Waals surface area contributed by atoms with Gasteiger partial charge in [-0.1, -0.05) is 29.8 Å². The largest absolute Gasteiger partial charge is 0.337 e. The van der Waals surface area contributed by atoms with Crippen molar-refractivity contribution in [3.63, 3.8) is 0 Å². The van der Waals surface area contributed by atoms with E-state index in [4.69, 9.17) is 0 Å². The van der Waals surface area contributed by atoms with Crippen molar-refractivity contribution in [2.75, 3.05) is 27.2 Å². The van der Waals surface area contributed by atoms with Gasteiger partial charge in [-0.15, -0.1) is 0 Å². The highest BCUT2D eigenvalue weighted by molar-refractivity contribution is 5.75. The van der Waals surface area contributed by atoms with E-state index in [9.17, 15) is 4.79 Å². The number of nitrogens with one attached hydrogen (secondary N) is 2. The van der Waals surface area contributed by atoms with Crippen LogP contribution in [0.1, 0.15) is 36.8 Å². The van der Waals surface area contributed by atoms with Crippen LogP contribution >= 0.6 is 0 Å². The number of amides is 2. The number of rotatable bonds is 5. The van der Waals surface area contributed by atoms with E-state index in [1.165, 1.54) is 24.0 Å². The second kappa shape index (κ2) is 5.48. The maximum Gasteiger partial charge on any atom is 0.315 e. The van der Waals surface area contributed by atoms with Crippen LogP contribution in [0, 0.1) is 18.8 Å². The molecule has 2 amide bonds. The number of carbonyl (C=O) groups excluding carboxylic acids is 1. The topological polar surface area (TPSA) is 44.4 Å². The first-order valence-electron chi connectivity index (χ1n) is 9.21. The molecule has 130 valence electrons. The smallest absolute Gasteiger partial charge is 0.315 e. The minimum Gasteiger partial charge on any atom is -0.337 e. The molecule has 4 unspecified atom stereocenters. The molecule has 0 saturated heterocycles. The SMILES string of the molecule is Cc1ccc(C23CC4CC2CC4(NC(=O)NCCN(C)C)C3)cc1. The summed E-state index contributed by atoms with van der Waals surface area (Å²) in [4.78, 5) is 14.5. The fourth-order valence-corrected chi connectivity index (χ4v) is 5.76. The third-order valence-corrected chi connectivity index (χ3v) is 6.82. The van der Waals surface area contributed by atoms with Gasteiger partial charge in [0.25, 0.3) is 0 Å². The molecule has 0 radical (unpaired) electrons. The molecule has 1 aromatic rings. The van der Waals surface area contributed by atoms with Gasteiger partial charge < -0.3 is 15.5 Å². The van der Waals surface area contributed by atoms with Crippen molar-refractivity contribution in [1.29, 1.82) is 0 Å². The standard InChI is InChI=1S/C20H29N3O/c1-14-4-6-15(7-5-14)19-11-17-10-16(19)12-20(17,13-19)22-18(24)21-8-9-23(2)3/h4-7,16-17H,8-13H2,1-3H3,(H2,21,22,24). The molecule has 1 aromatic carbocycles. The molecule has 4 saturated carbocycles. The van der Waals surface area contributed by atoms with Crippen LogP contribution in [0.3, 0.4) is 0 Å². The Morgan fingerprint density at radius 2 is 1.96 bits per heavy atom. The molecule has 0 aromatic heterocycles. The molecule has 4 fully saturated rings. The van der Waals surface area contributed by atoms with Crippen molar-refractivity contribution in [3.8, 4) is 0 Å². The normalized spacial score (nSPS) is 35.8. The van der Waals surface area contributed by atoms with Crippen LogP contribution < -0.4 is 10.6 Å². The van der Waals surface area contributed by atoms with E-state index in [2.05, 4.69) is 46.7 Å². The first-order chi connectivity index (χ1) is 11.4. The average Bonchev–Trinajstić information content (AvgIpc) is 3.18. The first kappa shape index (κ1) is 15.9. The molecule has 5 rings (SSSR count). The molecule has 4 aliphatic rings. The summed E-state index contributed by atoms with van der Waals surface area (Å²) in [5.41, 5.74) is 3.17. The predicted molar refractivity (Wildman–Crippen MR) is 96.1 cm³/mol. The fraction of sp³-hybridized carbons (Fsp3) is 0.650. The van der Waals surface area contributed by atoms with Gasteiger partial charge in [-0.25, -0.2) is 4.79 Å². The lowest BCUT2D eigenvalue weighted by molar-refractivity contribution is 0.216. The molecule has 0 spiro atoms. The summed E-state index contributed by atoms with van der Waals surface area (Å²) >= 11 is 0. The van der Waals surface area contributed by atoms with Crippen LogP contribution in [0.15, 0.2) is 24.3 Å². The van der Waals surface area contributed by atoms with Gasteiger partial charge in [0, 0.05) is 24.0 Å². The van der Waals surface area contributed by atoms with E-state index >= 15 is 0 Å². The lowest BCUT2D eigenvalue weighted by Crippen LogP contribution is -2.52. The number of aryl methyl sites for hydroxylation is 1. The van der Waals surface area contributed by atoms with Gasteiger partial charge in [0.2, 0.25) is 0 Å². The van der Waals surface area contributed by atoms with Crippen LogP contribution in [0.4, 0.5) is 4.79 Å². The number of hydrogen-bond donors (Lipinski definition) is 2. The van der Waals surface area contributed by atoms with Crippen LogP contribution in [0.2, 0.25) is 0 Å². The average molecular weight is 327 g/mol. The Hall–Kier alpha value is -1.55. The van der Waals surface area contributed by atoms with Crippen molar-refractivity contribution in [3.05, 3.63) is 35.4 Å². The predicted octanol–water partition coefficient (Wildman–Crippen LogP) is 2.67. The van der Waals surface area contributed by atoms with Gasteiger partial charge in [-0.3, -0.25) is 0 Å². The van der Waals surface area contributed by atoms with Crippen molar-refractivity contribution in [1.82, 2.24) is 15.5 Å². The van der Waals surface area contributed by atoms with E-state index < -0.39 is 0 Å². The minimum atomic E-state index is 0.0177. The van der Waals surface area contributed by atoms with Crippen LogP contribution in [0.5, 0.6) is 0 Å². The number of hydrogen-bond acceptors (Lipinski definition) is 2. The van der Waals surface area contributed by atoms with Crippen molar-refractivity contribution in [2.24, 2.45) is 11.8 Å². The van der Waals surface area contributed by atoms with Crippen LogP contribution in [0.25, 0.3) is 0 Å². The Bertz CT molecular complexity index is 641. The lowest BCUT2D eigenvalue weighted by atomic mass is 9.74. The monoisotopic (exact) mass is 327 g/mol. The summed E-state index contributed by atoms with van der Waals surface area (Å²) in [7, 11) is 4.05. The zero-order valence-electron chi connectivity index (χ0n) is 15.1. The molecule has 4 atom stereocenters. The zero-order chi connectivity index (χ0) is 16.9. The molecule has 4 heteroatoms. The van der Waals surface area contributed by atoms with Gasteiger partial charge in [0.05, 0.1) is 0 Å².